The second-order valence-corrected chi connectivity index (χ2v) is 29.1. The fourth-order valence-corrected chi connectivity index (χ4v) is 18.6. The van der Waals surface area contributed by atoms with Crippen molar-refractivity contribution in [2.75, 3.05) is 13.2 Å². The molecule has 10 rings (SSSR count). The zero-order valence-corrected chi connectivity index (χ0v) is 45.4. The molecule has 0 amide bonds. The van der Waals surface area contributed by atoms with Gasteiger partial charge in [0, 0.05) is 17.3 Å². The summed E-state index contributed by atoms with van der Waals surface area (Å²) in [4.78, 5) is 0.391. The average molecular weight is 1040 g/mol. The molecule has 3 N–H and O–H groups in total. The topological polar surface area (TPSA) is 138 Å². The van der Waals surface area contributed by atoms with Gasteiger partial charge in [-0.1, -0.05) is 101 Å². The van der Waals surface area contributed by atoms with E-state index in [9.17, 15) is 32.2 Å². The van der Waals surface area contributed by atoms with E-state index in [0.717, 1.165) is 85.2 Å². The summed E-state index contributed by atoms with van der Waals surface area (Å²) in [6.07, 6.45) is 23.8. The van der Waals surface area contributed by atoms with Gasteiger partial charge in [0.25, 0.3) is 19.2 Å². The summed E-state index contributed by atoms with van der Waals surface area (Å²) in [5.74, 6) is 8.11. The van der Waals surface area contributed by atoms with Gasteiger partial charge < -0.3 is 15.3 Å². The summed E-state index contributed by atoms with van der Waals surface area (Å²) in [7, 11) is -2.19. The zero-order valence-electron chi connectivity index (χ0n) is 43.0. The molecule has 6 fully saturated rings. The van der Waals surface area contributed by atoms with Gasteiger partial charge in [-0.15, -0.1) is 0 Å². The van der Waals surface area contributed by atoms with Crippen LogP contribution in [0.2, 0.25) is 0 Å². The molecule has 0 heterocycles. The number of hydrogen-bond donors (Lipinski definition) is 3. The number of halogens is 1. The standard InChI is InChI=1S/C29H42O4S.C22H36O2.C7H7ClO2S.2CH4/c1-19-5-8-22(9-6-19)34(31,32)33-18-20(2)26-11-12-27-25-10-7-21-17-28(3,30)15-13-23(21)24(25)14-16-29(26,27)4;1-14(13-23)19-6-7-20-18-5-4-15-12-21(2,24)10-8-16(15)17(18)9-11-22(19,20)3;1-6-2-4-7(5-3-6)11(8,9)10;;/h5-9,20,23-27,30H,10-18H2,1-4H3;4,14,16-20,23-24H,5-13H2,1-3H3;2-5H,1H3;2*1H4/t20-,23+,24-,25-,26-,27+,28+,29-;14-,16+,17-,18-,19-,20+,21+,22-;;;/m11.../s1. The van der Waals surface area contributed by atoms with Crippen molar-refractivity contribution in [2.45, 2.75) is 194 Å². The lowest BCUT2D eigenvalue weighted by atomic mass is 9.50. The number of allylic oxidation sites excluding steroid dienone is 2. The predicted molar refractivity (Wildman–Crippen MR) is 290 cm³/mol. The molecule has 8 aliphatic rings. The molecule has 71 heavy (non-hydrogen) atoms. The lowest BCUT2D eigenvalue weighted by molar-refractivity contribution is -0.0436. The van der Waals surface area contributed by atoms with Gasteiger partial charge in [-0.3, -0.25) is 4.18 Å². The molecule has 0 aromatic heterocycles. The third kappa shape index (κ3) is 12.2. The molecule has 400 valence electrons. The number of aliphatic hydroxyl groups excluding tert-OH is 1. The highest BCUT2D eigenvalue weighted by Gasteiger charge is 2.58. The summed E-state index contributed by atoms with van der Waals surface area (Å²) >= 11 is 0. The number of rotatable bonds is 8. The Bertz CT molecular complexity index is 2410. The van der Waals surface area contributed by atoms with Crippen molar-refractivity contribution in [2.24, 2.45) is 81.8 Å². The quantitative estimate of drug-likeness (QED) is 0.135. The van der Waals surface area contributed by atoms with Crippen LogP contribution in [0.1, 0.15) is 170 Å². The second-order valence-electron chi connectivity index (χ2n) is 24.9. The Balaban J connectivity index is 0.000000194. The van der Waals surface area contributed by atoms with E-state index < -0.39 is 30.4 Å². The van der Waals surface area contributed by atoms with Crippen LogP contribution in [0, 0.1) is 95.7 Å². The molecule has 0 radical (unpaired) electrons. The summed E-state index contributed by atoms with van der Waals surface area (Å²) < 4.78 is 52.5. The van der Waals surface area contributed by atoms with Crippen LogP contribution in [0.25, 0.3) is 0 Å². The molecule has 2 aromatic carbocycles. The average Bonchev–Trinajstić information content (AvgIpc) is 3.84. The van der Waals surface area contributed by atoms with Crippen LogP contribution in [0.3, 0.4) is 0 Å². The highest BCUT2D eigenvalue weighted by molar-refractivity contribution is 8.13. The van der Waals surface area contributed by atoms with Gasteiger partial charge in [0.05, 0.1) is 27.6 Å². The number of aryl methyl sites for hydroxylation is 2. The molecule has 2 aromatic rings. The number of aliphatic hydroxyl groups is 3. The maximum atomic E-state index is 12.7. The van der Waals surface area contributed by atoms with E-state index in [-0.39, 0.29) is 42.6 Å². The first-order valence-electron chi connectivity index (χ1n) is 26.8. The van der Waals surface area contributed by atoms with Gasteiger partial charge >= 0.3 is 0 Å². The lowest BCUT2D eigenvalue weighted by Crippen LogP contribution is -2.48. The van der Waals surface area contributed by atoms with Crippen molar-refractivity contribution >= 4 is 29.9 Å². The molecule has 0 unspecified atom stereocenters. The van der Waals surface area contributed by atoms with Crippen LogP contribution in [0.15, 0.2) is 81.6 Å². The van der Waals surface area contributed by atoms with Crippen molar-refractivity contribution in [1.82, 2.24) is 0 Å². The summed E-state index contributed by atoms with van der Waals surface area (Å²) in [5, 5.41) is 30.8. The largest absolute Gasteiger partial charge is 0.396 e. The first-order valence-corrected chi connectivity index (χ1v) is 30.5. The van der Waals surface area contributed by atoms with Gasteiger partial charge in [0.1, 0.15) is 0 Å². The first-order chi connectivity index (χ1) is 32.4. The maximum absolute atomic E-state index is 12.7. The molecule has 0 aliphatic heterocycles. The molecule has 8 nitrogen and oxygen atoms in total. The van der Waals surface area contributed by atoms with Crippen molar-refractivity contribution < 1.29 is 36.3 Å². The van der Waals surface area contributed by atoms with Gasteiger partial charge in [-0.05, 0) is 237 Å². The Morgan fingerprint density at radius 1 is 0.592 bits per heavy atom. The van der Waals surface area contributed by atoms with Crippen LogP contribution in [0.5, 0.6) is 0 Å². The fourth-order valence-electron chi connectivity index (χ4n) is 16.8. The zero-order chi connectivity index (χ0) is 49.9. The Labute approximate surface area is 435 Å². The minimum absolute atomic E-state index is 0. The molecule has 0 bridgehead atoms. The van der Waals surface area contributed by atoms with Crippen LogP contribution in [-0.4, -0.2) is 56.6 Å². The molecule has 11 heteroatoms. The Morgan fingerprint density at radius 2 is 1.00 bits per heavy atom. The maximum Gasteiger partial charge on any atom is 0.296 e. The SMILES string of the molecule is C.C.C[C@H](CO)[C@H]1CC[C@H]2[C@@H]3CC=C4C[C@@](C)(O)CC[C@@H]4[C@H]3CC[C@]12C.Cc1ccc(S(=O)(=O)Cl)cc1.Cc1ccc(S(=O)(=O)OC[C@@H](C)[C@H]2CC[C@H]3[C@@H]4CC=C5C[C@@](C)(O)CC[C@@H]5[C@H]4CC[C@]23C)cc1. The number of fused-ring (bicyclic) bond motifs is 10. The summed E-state index contributed by atoms with van der Waals surface area (Å²) in [6.45, 7) is 17.9. The highest BCUT2D eigenvalue weighted by atomic mass is 35.7. The first kappa shape index (κ1) is 58.2. The van der Waals surface area contributed by atoms with Crippen molar-refractivity contribution in [3.05, 3.63) is 83.0 Å². The van der Waals surface area contributed by atoms with Crippen LogP contribution in [0.4, 0.5) is 0 Å². The third-order valence-electron chi connectivity index (χ3n) is 20.3. The van der Waals surface area contributed by atoms with Gasteiger partial charge in [0.15, 0.2) is 0 Å². The van der Waals surface area contributed by atoms with Gasteiger partial charge in [-0.2, -0.15) is 8.42 Å². The van der Waals surface area contributed by atoms with E-state index in [0.29, 0.717) is 41.6 Å². The van der Waals surface area contributed by atoms with E-state index >= 15 is 0 Å². The number of benzene rings is 2. The molecular weight excluding hydrogens is 948 g/mol. The van der Waals surface area contributed by atoms with Gasteiger partial charge in [0.2, 0.25) is 0 Å². The predicted octanol–water partition coefficient (Wildman–Crippen LogP) is 14.0. The van der Waals surface area contributed by atoms with Gasteiger partial charge in [-0.25, -0.2) is 8.42 Å². The van der Waals surface area contributed by atoms with Crippen molar-refractivity contribution in [3.8, 4) is 0 Å². The monoisotopic (exact) mass is 1040 g/mol. The van der Waals surface area contributed by atoms with Crippen molar-refractivity contribution in [1.29, 1.82) is 0 Å². The van der Waals surface area contributed by atoms with E-state index in [4.69, 9.17) is 14.9 Å². The molecule has 8 aliphatic carbocycles. The Morgan fingerprint density at radius 3 is 1.41 bits per heavy atom. The lowest BCUT2D eigenvalue weighted by Gasteiger charge is -2.55. The number of hydrogen-bond acceptors (Lipinski definition) is 8. The third-order valence-corrected chi connectivity index (χ3v) is 23.0. The minimum Gasteiger partial charge on any atom is -0.396 e. The molecule has 0 spiro atoms. The summed E-state index contributed by atoms with van der Waals surface area (Å²) in [6, 6.07) is 13.3. The minimum atomic E-state index is -3.72. The molecule has 6 saturated carbocycles. The fraction of sp³-hybridized carbons (Fsp3) is 0.733. The Kier molecular flexibility index (Phi) is 18.3. The molecule has 0 saturated heterocycles. The van der Waals surface area contributed by atoms with E-state index in [1.165, 1.54) is 81.9 Å². The van der Waals surface area contributed by atoms with E-state index in [2.05, 4.69) is 39.8 Å². The summed E-state index contributed by atoms with van der Waals surface area (Å²) in [5.41, 5.74) is 4.88. The molecular formula is C60H93ClO8S2. The van der Waals surface area contributed by atoms with Crippen molar-refractivity contribution in [3.63, 3.8) is 0 Å². The van der Waals surface area contributed by atoms with Crippen LogP contribution >= 0.6 is 10.7 Å². The van der Waals surface area contributed by atoms with E-state index in [1.54, 1.807) is 29.8 Å². The Hall–Kier alpha value is -2.05. The van der Waals surface area contributed by atoms with Crippen LogP contribution < -0.4 is 0 Å². The van der Waals surface area contributed by atoms with E-state index in [1.807, 2.05) is 39.8 Å². The highest BCUT2D eigenvalue weighted by Crippen LogP contribution is 2.66. The normalized spacial score (nSPS) is 38.8. The molecule has 16 atom stereocenters. The van der Waals surface area contributed by atoms with Crippen LogP contribution in [-0.2, 0) is 23.4 Å². The smallest absolute Gasteiger partial charge is 0.296 e. The second kappa shape index (κ2) is 22.3.